The van der Waals surface area contributed by atoms with Gasteiger partial charge in [-0.25, -0.2) is 0 Å². The van der Waals surface area contributed by atoms with Gasteiger partial charge in [0, 0.05) is 11.5 Å². The van der Waals surface area contributed by atoms with Crippen LogP contribution in [0, 0.1) is 23.2 Å². The first kappa shape index (κ1) is 14.9. The molecule has 0 aliphatic heterocycles. The van der Waals surface area contributed by atoms with Crippen molar-refractivity contribution in [1.82, 2.24) is 10.6 Å². The number of amides is 2. The molecule has 21 heavy (non-hydrogen) atoms. The molecule has 0 aromatic heterocycles. The largest absolute Gasteiger partial charge is 0.352 e. The predicted octanol–water partition coefficient (Wildman–Crippen LogP) is 2.23. The van der Waals surface area contributed by atoms with Crippen molar-refractivity contribution >= 4 is 11.8 Å². The topological polar surface area (TPSA) is 58.2 Å². The lowest BCUT2D eigenvalue weighted by Crippen LogP contribution is -2.57. The van der Waals surface area contributed by atoms with Gasteiger partial charge < -0.3 is 10.6 Å². The minimum atomic E-state index is -0.437. The molecule has 4 fully saturated rings. The molecule has 4 aliphatic carbocycles. The molecule has 1 unspecified atom stereocenters. The molecule has 1 atom stereocenters. The molecular weight excluding hydrogens is 264 g/mol. The first-order valence-corrected chi connectivity index (χ1v) is 8.49. The van der Waals surface area contributed by atoms with Gasteiger partial charge >= 0.3 is 0 Å². The lowest BCUT2D eigenvalue weighted by molar-refractivity contribution is -0.148. The van der Waals surface area contributed by atoms with E-state index in [2.05, 4.69) is 10.6 Å². The van der Waals surface area contributed by atoms with E-state index in [-0.39, 0.29) is 23.3 Å². The second-order valence-electron chi connectivity index (χ2n) is 8.06. The van der Waals surface area contributed by atoms with Gasteiger partial charge in [-0.05, 0) is 77.0 Å². The lowest BCUT2D eigenvalue weighted by atomic mass is 9.49. The van der Waals surface area contributed by atoms with Crippen LogP contribution in [0.4, 0.5) is 0 Å². The summed E-state index contributed by atoms with van der Waals surface area (Å²) in [6, 6.07) is -0.329. The number of carbonyl (C=O) groups excluding carboxylic acids is 2. The summed E-state index contributed by atoms with van der Waals surface area (Å²) in [4.78, 5) is 24.8. The Morgan fingerprint density at radius 3 is 1.81 bits per heavy atom. The molecule has 4 aliphatic rings. The van der Waals surface area contributed by atoms with Crippen molar-refractivity contribution in [1.29, 1.82) is 0 Å². The van der Waals surface area contributed by atoms with E-state index in [9.17, 15) is 9.59 Å². The molecule has 0 aromatic rings. The van der Waals surface area contributed by atoms with Gasteiger partial charge in [-0.2, -0.15) is 0 Å². The van der Waals surface area contributed by atoms with Crippen LogP contribution >= 0.6 is 0 Å². The maximum absolute atomic E-state index is 12.8. The molecule has 118 valence electrons. The Morgan fingerprint density at radius 2 is 1.38 bits per heavy atom. The lowest BCUT2D eigenvalue weighted by Gasteiger charge is -2.55. The van der Waals surface area contributed by atoms with E-state index in [1.165, 1.54) is 19.3 Å². The second kappa shape index (κ2) is 5.29. The Morgan fingerprint density at radius 1 is 0.905 bits per heavy atom. The Balaban J connectivity index is 1.64. The number of hydrogen-bond acceptors (Lipinski definition) is 2. The third kappa shape index (κ3) is 2.82. The van der Waals surface area contributed by atoms with Crippen molar-refractivity contribution in [2.24, 2.45) is 23.2 Å². The van der Waals surface area contributed by atoms with Crippen molar-refractivity contribution in [3.05, 3.63) is 0 Å². The molecule has 0 saturated heterocycles. The summed E-state index contributed by atoms with van der Waals surface area (Å²) in [5, 5.41) is 5.86. The third-order valence-electron chi connectivity index (χ3n) is 5.69. The minimum absolute atomic E-state index is 0.0805. The molecular formula is C17H28N2O2. The van der Waals surface area contributed by atoms with Gasteiger partial charge in [0.1, 0.15) is 6.04 Å². The molecule has 2 N–H and O–H groups in total. The van der Waals surface area contributed by atoms with Crippen LogP contribution in [-0.4, -0.2) is 23.9 Å². The summed E-state index contributed by atoms with van der Waals surface area (Å²) in [6.07, 6.45) is 7.12. The van der Waals surface area contributed by atoms with E-state index in [1.807, 2.05) is 13.8 Å². The molecule has 4 rings (SSSR count). The van der Waals surface area contributed by atoms with Gasteiger partial charge in [0.05, 0.1) is 0 Å². The zero-order valence-electron chi connectivity index (χ0n) is 13.4. The van der Waals surface area contributed by atoms with E-state index in [0.717, 1.165) is 37.0 Å². The summed E-state index contributed by atoms with van der Waals surface area (Å²) in [7, 11) is 0. The molecule has 2 amide bonds. The fraction of sp³-hybridized carbons (Fsp3) is 0.882. The van der Waals surface area contributed by atoms with Gasteiger partial charge in [-0.3, -0.25) is 9.59 Å². The van der Waals surface area contributed by atoms with Crippen LogP contribution < -0.4 is 10.6 Å². The maximum Gasteiger partial charge on any atom is 0.242 e. The minimum Gasteiger partial charge on any atom is -0.352 e. The molecule has 0 aromatic carbocycles. The van der Waals surface area contributed by atoms with Gasteiger partial charge in [0.2, 0.25) is 11.8 Å². The predicted molar refractivity (Wildman–Crippen MR) is 81.5 cm³/mol. The van der Waals surface area contributed by atoms with Crippen LogP contribution in [0.5, 0.6) is 0 Å². The van der Waals surface area contributed by atoms with Crippen molar-refractivity contribution in [3.63, 3.8) is 0 Å². The average molecular weight is 292 g/mol. The van der Waals surface area contributed by atoms with Crippen LogP contribution in [0.1, 0.15) is 59.3 Å². The number of hydrogen-bond donors (Lipinski definition) is 2. The van der Waals surface area contributed by atoms with Crippen molar-refractivity contribution < 1.29 is 9.59 Å². The molecule has 4 heteroatoms. The maximum atomic E-state index is 12.8. The highest BCUT2D eigenvalue weighted by Gasteiger charge is 2.54. The summed E-state index contributed by atoms with van der Waals surface area (Å²) in [5.41, 5.74) is -0.166. The summed E-state index contributed by atoms with van der Waals surface area (Å²) in [5.74, 6) is 2.31. The van der Waals surface area contributed by atoms with Crippen molar-refractivity contribution in [2.45, 2.75) is 71.4 Å². The Labute approximate surface area is 127 Å². The third-order valence-corrected chi connectivity index (χ3v) is 5.69. The Kier molecular flexibility index (Phi) is 3.74. The first-order valence-electron chi connectivity index (χ1n) is 8.49. The van der Waals surface area contributed by atoms with Gasteiger partial charge in [0.15, 0.2) is 0 Å². The van der Waals surface area contributed by atoms with Crippen LogP contribution in [0.2, 0.25) is 0 Å². The van der Waals surface area contributed by atoms with E-state index in [4.69, 9.17) is 0 Å². The highest BCUT2D eigenvalue weighted by Crippen LogP contribution is 2.60. The smallest absolute Gasteiger partial charge is 0.242 e. The van der Waals surface area contributed by atoms with E-state index in [0.29, 0.717) is 0 Å². The highest BCUT2D eigenvalue weighted by atomic mass is 16.2. The molecule has 4 nitrogen and oxygen atoms in total. The summed E-state index contributed by atoms with van der Waals surface area (Å²) < 4.78 is 0. The monoisotopic (exact) mass is 292 g/mol. The van der Waals surface area contributed by atoms with E-state index >= 15 is 0 Å². The Hall–Kier alpha value is -1.06. The van der Waals surface area contributed by atoms with Gasteiger partial charge in [-0.1, -0.05) is 0 Å². The molecule has 4 bridgehead atoms. The highest BCUT2D eigenvalue weighted by molar-refractivity contribution is 5.90. The SMILES string of the molecule is CC(C)NC(=O)C(C)NC(=O)C12CC3CC(CC(C3)C1)C2. The van der Waals surface area contributed by atoms with Crippen LogP contribution in [0.25, 0.3) is 0 Å². The van der Waals surface area contributed by atoms with Gasteiger partial charge in [0.25, 0.3) is 0 Å². The summed E-state index contributed by atoms with van der Waals surface area (Å²) >= 11 is 0. The zero-order chi connectivity index (χ0) is 15.2. The fourth-order valence-corrected chi connectivity index (χ4v) is 5.21. The van der Waals surface area contributed by atoms with Gasteiger partial charge in [-0.15, -0.1) is 0 Å². The summed E-state index contributed by atoms with van der Waals surface area (Å²) in [6.45, 7) is 5.66. The number of nitrogens with one attached hydrogen (secondary N) is 2. The van der Waals surface area contributed by atoms with E-state index in [1.54, 1.807) is 6.92 Å². The molecule has 0 spiro atoms. The van der Waals surface area contributed by atoms with Crippen LogP contribution in [0.15, 0.2) is 0 Å². The zero-order valence-corrected chi connectivity index (χ0v) is 13.4. The van der Waals surface area contributed by atoms with Crippen molar-refractivity contribution in [3.8, 4) is 0 Å². The van der Waals surface area contributed by atoms with Crippen LogP contribution in [0.3, 0.4) is 0 Å². The quantitative estimate of drug-likeness (QED) is 0.835. The average Bonchev–Trinajstić information content (AvgIpc) is 2.35. The number of rotatable bonds is 4. The first-order chi connectivity index (χ1) is 9.88. The standard InChI is InChI=1S/C17H28N2O2/c1-10(2)18-15(20)11(3)19-16(21)17-7-12-4-13(8-17)6-14(5-12)9-17/h10-14H,4-9H2,1-3H3,(H,18,20)(H,19,21). The van der Waals surface area contributed by atoms with Crippen molar-refractivity contribution in [2.75, 3.05) is 0 Å². The molecule has 4 saturated carbocycles. The normalized spacial score (nSPS) is 38.4. The molecule has 0 heterocycles. The van der Waals surface area contributed by atoms with E-state index < -0.39 is 6.04 Å². The Bertz CT molecular complexity index is 409. The molecule has 0 radical (unpaired) electrons. The second-order valence-corrected chi connectivity index (χ2v) is 8.06. The van der Waals surface area contributed by atoms with Crippen LogP contribution in [-0.2, 0) is 9.59 Å². The number of carbonyl (C=O) groups is 2. The fourth-order valence-electron chi connectivity index (χ4n) is 5.21.